The SMILES string of the molecule is CC(C)(c1ccc(OCc2ccnc(NS(C)(=O)=O)n2)cc1)c1cc(Cl)c(OCCCn2cc(CNc3cccc4c3C(=O)N(C3CCC(=O)NC3=O)C4=O)nn2)c(C#N)c1. The molecule has 1 atom stereocenters. The number of nitrogens with one attached hydrogen (secondary N) is 3. The standard InChI is InChI=1S/C41H39ClN10O8S/c1-41(2,25-8-10-29(11-9-25)60-23-27-14-15-44-40(46-27)49-61(3,57)58)26-18-24(20-43)36(31(42)19-26)59-17-5-16-51-22-28(48-50-51)21-45-32-7-4-6-30-35(32)39(56)52(38(30)55)33-12-13-34(53)47-37(33)54/h4,6-11,14-15,18-19,22,33,45H,5,12-13,16-17,21,23H2,1-3H3,(H,44,46,49)(H,47,53,54). The lowest BCUT2D eigenvalue weighted by Crippen LogP contribution is -2.54. The molecule has 2 aliphatic rings. The molecule has 2 aliphatic heterocycles. The number of fused-ring (bicyclic) bond motifs is 1. The van der Waals surface area contributed by atoms with Gasteiger partial charge >= 0.3 is 0 Å². The molecule has 4 heterocycles. The molecule has 0 spiro atoms. The lowest BCUT2D eigenvalue weighted by molar-refractivity contribution is -0.136. The summed E-state index contributed by atoms with van der Waals surface area (Å²) < 4.78 is 38.8. The largest absolute Gasteiger partial charge is 0.491 e. The molecule has 5 aromatic rings. The van der Waals surface area contributed by atoms with Gasteiger partial charge in [-0.3, -0.25) is 38.8 Å². The van der Waals surface area contributed by atoms with Gasteiger partial charge in [-0.1, -0.05) is 48.9 Å². The number of hydrogen-bond acceptors (Lipinski definition) is 14. The number of carbonyl (C=O) groups excluding carboxylic acids is 4. The number of ether oxygens (including phenoxy) is 2. The number of piperidine rings is 1. The summed E-state index contributed by atoms with van der Waals surface area (Å²) in [6.45, 7) is 4.97. The highest BCUT2D eigenvalue weighted by molar-refractivity contribution is 7.92. The summed E-state index contributed by atoms with van der Waals surface area (Å²) in [7, 11) is -3.52. The van der Waals surface area contributed by atoms with Crippen LogP contribution in [-0.2, 0) is 44.7 Å². The van der Waals surface area contributed by atoms with Gasteiger partial charge < -0.3 is 14.8 Å². The predicted molar refractivity (Wildman–Crippen MR) is 220 cm³/mol. The number of rotatable bonds is 16. The minimum atomic E-state index is -3.52. The zero-order valence-electron chi connectivity index (χ0n) is 33.1. The zero-order chi connectivity index (χ0) is 43.5. The van der Waals surface area contributed by atoms with Gasteiger partial charge in [0.05, 0.1) is 53.0 Å². The Hall–Kier alpha value is -6.91. The Kier molecular flexibility index (Phi) is 12.0. The third-order valence-corrected chi connectivity index (χ3v) is 11.0. The van der Waals surface area contributed by atoms with E-state index >= 15 is 0 Å². The van der Waals surface area contributed by atoms with Crippen LogP contribution in [0, 0.1) is 11.3 Å². The van der Waals surface area contributed by atoms with Crippen molar-refractivity contribution in [2.24, 2.45) is 0 Å². The summed E-state index contributed by atoms with van der Waals surface area (Å²) in [6.07, 6.45) is 4.79. The second-order valence-electron chi connectivity index (χ2n) is 14.8. The molecule has 3 N–H and O–H groups in total. The molecule has 18 nitrogen and oxygen atoms in total. The van der Waals surface area contributed by atoms with Crippen LogP contribution in [0.4, 0.5) is 11.6 Å². The summed E-state index contributed by atoms with van der Waals surface area (Å²) in [5.41, 5.74) is 3.22. The Morgan fingerprint density at radius 3 is 2.54 bits per heavy atom. The van der Waals surface area contributed by atoms with Crippen molar-refractivity contribution in [3.63, 3.8) is 0 Å². The molecule has 1 saturated heterocycles. The number of nitrogens with zero attached hydrogens (tertiary/aromatic N) is 7. The second kappa shape index (κ2) is 17.4. The minimum absolute atomic E-state index is 0.0294. The first-order valence-electron chi connectivity index (χ1n) is 19.0. The number of amides is 4. The Bertz CT molecular complexity index is 2700. The van der Waals surface area contributed by atoms with Gasteiger partial charge in [0, 0.05) is 36.7 Å². The van der Waals surface area contributed by atoms with E-state index in [9.17, 15) is 32.9 Å². The Morgan fingerprint density at radius 2 is 1.80 bits per heavy atom. The van der Waals surface area contributed by atoms with E-state index < -0.39 is 45.1 Å². The molecule has 2 aromatic heterocycles. The number of carbonyl (C=O) groups is 4. The molecule has 20 heteroatoms. The van der Waals surface area contributed by atoms with E-state index in [2.05, 4.69) is 41.7 Å². The Labute approximate surface area is 355 Å². The van der Waals surface area contributed by atoms with Gasteiger partial charge in [0.15, 0.2) is 5.75 Å². The van der Waals surface area contributed by atoms with Crippen molar-refractivity contribution in [2.75, 3.05) is 22.9 Å². The molecule has 61 heavy (non-hydrogen) atoms. The third-order valence-electron chi connectivity index (χ3n) is 10.1. The van der Waals surface area contributed by atoms with Crippen LogP contribution in [0.15, 0.2) is 73.1 Å². The van der Waals surface area contributed by atoms with Crippen molar-refractivity contribution in [3.05, 3.63) is 117 Å². The molecule has 1 unspecified atom stereocenters. The molecular formula is C41H39ClN10O8S. The van der Waals surface area contributed by atoms with Crippen LogP contribution in [0.5, 0.6) is 11.5 Å². The number of nitriles is 1. The van der Waals surface area contributed by atoms with Crippen molar-refractivity contribution < 1.29 is 37.1 Å². The van der Waals surface area contributed by atoms with Crippen LogP contribution in [0.25, 0.3) is 0 Å². The Balaban J connectivity index is 0.914. The molecule has 0 radical (unpaired) electrons. The van der Waals surface area contributed by atoms with Gasteiger partial charge in [0.2, 0.25) is 27.8 Å². The van der Waals surface area contributed by atoms with Gasteiger partial charge in [-0.25, -0.2) is 18.4 Å². The fourth-order valence-electron chi connectivity index (χ4n) is 6.94. The first-order valence-corrected chi connectivity index (χ1v) is 21.3. The maximum atomic E-state index is 13.4. The van der Waals surface area contributed by atoms with Crippen molar-refractivity contribution in [2.45, 2.75) is 64.3 Å². The van der Waals surface area contributed by atoms with Crippen molar-refractivity contribution in [1.82, 2.24) is 35.2 Å². The van der Waals surface area contributed by atoms with Gasteiger partial charge in [0.25, 0.3) is 11.8 Å². The lowest BCUT2D eigenvalue weighted by atomic mass is 9.77. The van der Waals surface area contributed by atoms with Gasteiger partial charge in [0.1, 0.15) is 30.2 Å². The minimum Gasteiger partial charge on any atom is -0.491 e. The van der Waals surface area contributed by atoms with E-state index in [4.69, 9.17) is 21.1 Å². The van der Waals surface area contributed by atoms with Crippen LogP contribution in [-0.4, -0.2) is 80.8 Å². The van der Waals surface area contributed by atoms with Crippen molar-refractivity contribution in [1.29, 1.82) is 5.26 Å². The highest BCUT2D eigenvalue weighted by Gasteiger charge is 2.45. The maximum Gasteiger partial charge on any atom is 0.264 e. The molecular weight excluding hydrogens is 828 g/mol. The van der Waals surface area contributed by atoms with Crippen molar-refractivity contribution in [3.8, 4) is 17.6 Å². The van der Waals surface area contributed by atoms with Crippen LogP contribution in [0.3, 0.4) is 0 Å². The number of aromatic nitrogens is 5. The molecule has 0 bridgehead atoms. The summed E-state index contributed by atoms with van der Waals surface area (Å²) in [5.74, 6) is -1.52. The fraction of sp³-hybridized carbons (Fsp3) is 0.293. The number of sulfonamides is 1. The number of imide groups is 2. The number of halogens is 1. The molecule has 314 valence electrons. The average Bonchev–Trinajstić information content (AvgIpc) is 3.78. The molecule has 3 aromatic carbocycles. The quantitative estimate of drug-likeness (QED) is 0.0923. The van der Waals surface area contributed by atoms with E-state index in [1.165, 1.54) is 12.3 Å². The Morgan fingerprint density at radius 1 is 1.02 bits per heavy atom. The van der Waals surface area contributed by atoms with Gasteiger partial charge in [-0.2, -0.15) is 5.26 Å². The predicted octanol–water partition coefficient (Wildman–Crippen LogP) is 4.35. The second-order valence-corrected chi connectivity index (χ2v) is 17.0. The first-order chi connectivity index (χ1) is 29.1. The summed E-state index contributed by atoms with van der Waals surface area (Å²) in [4.78, 5) is 59.6. The first kappa shape index (κ1) is 42.2. The zero-order valence-corrected chi connectivity index (χ0v) is 34.7. The van der Waals surface area contributed by atoms with Crippen LogP contribution >= 0.6 is 11.6 Å². The number of aryl methyl sites for hydroxylation is 1. The molecule has 1 fully saturated rings. The fourth-order valence-corrected chi connectivity index (χ4v) is 7.65. The summed E-state index contributed by atoms with van der Waals surface area (Å²) in [5, 5.41) is 24.1. The molecule has 0 saturated carbocycles. The third kappa shape index (κ3) is 9.45. The summed E-state index contributed by atoms with van der Waals surface area (Å²) >= 11 is 6.72. The van der Waals surface area contributed by atoms with E-state index in [1.807, 2.05) is 38.1 Å². The van der Waals surface area contributed by atoms with Crippen molar-refractivity contribution >= 4 is 56.9 Å². The average molecular weight is 867 g/mol. The topological polar surface area (TPSA) is 240 Å². The van der Waals surface area contributed by atoms with Crippen LogP contribution in [0.2, 0.25) is 5.02 Å². The molecule has 7 rings (SSSR count). The smallest absolute Gasteiger partial charge is 0.264 e. The van der Waals surface area contributed by atoms with E-state index in [-0.39, 0.29) is 61.0 Å². The van der Waals surface area contributed by atoms with Gasteiger partial charge in [-0.15, -0.1) is 5.10 Å². The number of benzene rings is 3. The maximum absolute atomic E-state index is 13.4. The number of anilines is 2. The molecule has 4 amide bonds. The van der Waals surface area contributed by atoms with E-state index in [0.717, 1.165) is 22.3 Å². The van der Waals surface area contributed by atoms with E-state index in [0.29, 0.717) is 40.8 Å². The highest BCUT2D eigenvalue weighted by atomic mass is 35.5. The lowest BCUT2D eigenvalue weighted by Gasteiger charge is -2.27. The normalized spacial score (nSPS) is 15.3. The highest BCUT2D eigenvalue weighted by Crippen LogP contribution is 2.39. The van der Waals surface area contributed by atoms with E-state index in [1.54, 1.807) is 41.2 Å². The monoisotopic (exact) mass is 866 g/mol. The summed E-state index contributed by atoms with van der Waals surface area (Å²) in [6, 6.07) is 18.6. The number of hydrogen-bond donors (Lipinski definition) is 3. The molecule has 0 aliphatic carbocycles. The van der Waals surface area contributed by atoms with Crippen LogP contribution < -0.4 is 24.8 Å². The van der Waals surface area contributed by atoms with Crippen LogP contribution in [0.1, 0.15) is 81.9 Å². The van der Waals surface area contributed by atoms with Gasteiger partial charge in [-0.05, 0) is 60.0 Å².